The summed E-state index contributed by atoms with van der Waals surface area (Å²) in [6, 6.07) is 11.0. The molecule has 0 amide bonds. The van der Waals surface area contributed by atoms with Crippen LogP contribution in [0.3, 0.4) is 0 Å². The Morgan fingerprint density at radius 3 is 2.79 bits per heavy atom. The topological polar surface area (TPSA) is 68.4 Å². The molecule has 5 nitrogen and oxygen atoms in total. The van der Waals surface area contributed by atoms with Crippen molar-refractivity contribution in [1.82, 2.24) is 10.1 Å². The van der Waals surface area contributed by atoms with Gasteiger partial charge in [-0.15, -0.1) is 11.3 Å². The van der Waals surface area contributed by atoms with Gasteiger partial charge in [0.25, 0.3) is 5.89 Å². The molecule has 1 N–H and O–H groups in total. The zero-order valence-electron chi connectivity index (χ0n) is 9.81. The lowest BCUT2D eigenvalue weighted by molar-refractivity contribution is 0.287. The van der Waals surface area contributed by atoms with Crippen molar-refractivity contribution in [3.05, 3.63) is 47.6 Å². The molecule has 2 aromatic heterocycles. The van der Waals surface area contributed by atoms with Gasteiger partial charge in [0, 0.05) is 0 Å². The Labute approximate surface area is 113 Å². The quantitative estimate of drug-likeness (QED) is 0.791. The number of aromatic nitrogens is 2. The first kappa shape index (κ1) is 11.7. The van der Waals surface area contributed by atoms with Crippen LogP contribution in [0, 0.1) is 0 Å². The van der Waals surface area contributed by atoms with Crippen molar-refractivity contribution < 1.29 is 14.4 Å². The van der Waals surface area contributed by atoms with Crippen molar-refractivity contribution in [2.24, 2.45) is 0 Å². The maximum Gasteiger partial charge on any atom is 0.271 e. The highest BCUT2D eigenvalue weighted by molar-refractivity contribution is 7.13. The van der Waals surface area contributed by atoms with E-state index in [4.69, 9.17) is 9.26 Å². The van der Waals surface area contributed by atoms with Crippen molar-refractivity contribution in [3.63, 3.8) is 0 Å². The molecule has 96 valence electrons. The van der Waals surface area contributed by atoms with Gasteiger partial charge in [0.05, 0.1) is 0 Å². The molecule has 3 aromatic rings. The van der Waals surface area contributed by atoms with Crippen LogP contribution in [0.1, 0.15) is 5.82 Å². The Morgan fingerprint density at radius 2 is 2.05 bits per heavy atom. The summed E-state index contributed by atoms with van der Waals surface area (Å²) in [5.41, 5.74) is 0. The van der Waals surface area contributed by atoms with Crippen LogP contribution in [0.2, 0.25) is 0 Å². The predicted molar refractivity (Wildman–Crippen MR) is 70.0 cm³/mol. The van der Waals surface area contributed by atoms with Gasteiger partial charge in [-0.1, -0.05) is 23.4 Å². The van der Waals surface area contributed by atoms with E-state index in [-0.39, 0.29) is 12.4 Å². The zero-order chi connectivity index (χ0) is 13.1. The minimum atomic E-state index is 0.143. The molecule has 3 rings (SSSR count). The molecule has 0 unspecified atom stereocenters. The fourth-order valence-corrected chi connectivity index (χ4v) is 2.24. The van der Waals surface area contributed by atoms with Gasteiger partial charge in [0.2, 0.25) is 5.82 Å². The summed E-state index contributed by atoms with van der Waals surface area (Å²) in [5, 5.41) is 15.1. The first-order chi connectivity index (χ1) is 9.33. The summed E-state index contributed by atoms with van der Waals surface area (Å²) in [6.45, 7) is 0.222. The van der Waals surface area contributed by atoms with Crippen molar-refractivity contribution in [2.45, 2.75) is 6.61 Å². The maximum atomic E-state index is 9.57. The summed E-state index contributed by atoms with van der Waals surface area (Å²) in [5.74, 6) is 1.63. The Balaban J connectivity index is 1.71. The van der Waals surface area contributed by atoms with Gasteiger partial charge in [-0.3, -0.25) is 0 Å². The van der Waals surface area contributed by atoms with E-state index < -0.39 is 0 Å². The molecule has 0 spiro atoms. The SMILES string of the molecule is Oc1ccsc1-c1nc(COc2ccccc2)no1. The summed E-state index contributed by atoms with van der Waals surface area (Å²) in [7, 11) is 0. The standard InChI is InChI=1S/C13H10N2O3S/c16-10-6-7-19-12(10)13-14-11(15-18-13)8-17-9-4-2-1-3-5-9/h1-7,16H,8H2. The average Bonchev–Trinajstić information content (AvgIpc) is 3.06. The molecule has 6 heteroatoms. The van der Waals surface area contributed by atoms with Crippen LogP contribution in [0.25, 0.3) is 10.8 Å². The van der Waals surface area contributed by atoms with E-state index >= 15 is 0 Å². The summed E-state index contributed by atoms with van der Waals surface area (Å²) in [6.07, 6.45) is 0. The van der Waals surface area contributed by atoms with Gasteiger partial charge in [0.15, 0.2) is 6.61 Å². The highest BCUT2D eigenvalue weighted by Crippen LogP contribution is 2.33. The second-order valence-electron chi connectivity index (χ2n) is 3.75. The molecule has 19 heavy (non-hydrogen) atoms. The van der Waals surface area contributed by atoms with Gasteiger partial charge in [0.1, 0.15) is 16.4 Å². The molecular weight excluding hydrogens is 264 g/mol. The Bertz CT molecular complexity index is 663. The lowest BCUT2D eigenvalue weighted by Gasteiger charge is -2.01. The van der Waals surface area contributed by atoms with Gasteiger partial charge in [-0.2, -0.15) is 4.98 Å². The van der Waals surface area contributed by atoms with Crippen LogP contribution in [-0.2, 0) is 6.61 Å². The number of aromatic hydroxyl groups is 1. The first-order valence-electron chi connectivity index (χ1n) is 5.60. The third-order valence-corrected chi connectivity index (χ3v) is 3.31. The van der Waals surface area contributed by atoms with Gasteiger partial charge in [-0.25, -0.2) is 0 Å². The normalized spacial score (nSPS) is 10.5. The van der Waals surface area contributed by atoms with Crippen LogP contribution in [0.5, 0.6) is 11.5 Å². The minimum absolute atomic E-state index is 0.143. The molecule has 0 aliphatic heterocycles. The molecule has 0 aliphatic carbocycles. The van der Waals surface area contributed by atoms with Crippen LogP contribution < -0.4 is 4.74 Å². The van der Waals surface area contributed by atoms with Gasteiger partial charge >= 0.3 is 0 Å². The molecule has 1 aromatic carbocycles. The number of hydrogen-bond acceptors (Lipinski definition) is 6. The number of nitrogens with zero attached hydrogens (tertiary/aromatic N) is 2. The van der Waals surface area contributed by atoms with Crippen LogP contribution in [0.15, 0.2) is 46.3 Å². The molecule has 0 radical (unpaired) electrons. The van der Waals surface area contributed by atoms with E-state index in [1.165, 1.54) is 11.3 Å². The molecule has 0 saturated heterocycles. The van der Waals surface area contributed by atoms with E-state index in [1.807, 2.05) is 30.3 Å². The second-order valence-corrected chi connectivity index (χ2v) is 4.67. The van der Waals surface area contributed by atoms with Gasteiger partial charge in [-0.05, 0) is 23.6 Å². The number of thiophene rings is 1. The smallest absolute Gasteiger partial charge is 0.271 e. The molecule has 0 atom stereocenters. The lowest BCUT2D eigenvalue weighted by Crippen LogP contribution is -1.97. The summed E-state index contributed by atoms with van der Waals surface area (Å²) in [4.78, 5) is 4.74. The first-order valence-corrected chi connectivity index (χ1v) is 6.48. The second kappa shape index (κ2) is 5.11. The summed E-state index contributed by atoms with van der Waals surface area (Å²) < 4.78 is 10.6. The van der Waals surface area contributed by atoms with Crippen molar-refractivity contribution >= 4 is 11.3 Å². The average molecular weight is 274 g/mol. The van der Waals surface area contributed by atoms with Crippen molar-refractivity contribution in [2.75, 3.05) is 0 Å². The Hall–Kier alpha value is -2.34. The lowest BCUT2D eigenvalue weighted by atomic mass is 10.3. The fourth-order valence-electron chi connectivity index (χ4n) is 1.53. The molecule has 0 aliphatic rings. The number of hydrogen-bond donors (Lipinski definition) is 1. The number of rotatable bonds is 4. The number of para-hydroxylation sites is 1. The summed E-state index contributed by atoms with van der Waals surface area (Å²) >= 11 is 1.34. The van der Waals surface area contributed by atoms with Crippen LogP contribution in [-0.4, -0.2) is 15.2 Å². The van der Waals surface area contributed by atoms with E-state index in [9.17, 15) is 5.11 Å². The molecule has 2 heterocycles. The van der Waals surface area contributed by atoms with E-state index in [2.05, 4.69) is 10.1 Å². The van der Waals surface area contributed by atoms with Crippen LogP contribution >= 0.6 is 11.3 Å². The zero-order valence-corrected chi connectivity index (χ0v) is 10.6. The molecule has 0 fully saturated rings. The Kier molecular flexibility index (Phi) is 3.16. The highest BCUT2D eigenvalue weighted by Gasteiger charge is 2.14. The molecular formula is C13H10N2O3S. The highest BCUT2D eigenvalue weighted by atomic mass is 32.1. The maximum absolute atomic E-state index is 9.57. The molecule has 0 saturated carbocycles. The fraction of sp³-hybridized carbons (Fsp3) is 0.0769. The van der Waals surface area contributed by atoms with Crippen molar-refractivity contribution in [1.29, 1.82) is 0 Å². The van der Waals surface area contributed by atoms with E-state index in [0.29, 0.717) is 16.6 Å². The van der Waals surface area contributed by atoms with Crippen LogP contribution in [0.4, 0.5) is 0 Å². The molecule has 0 bridgehead atoms. The third kappa shape index (κ3) is 2.58. The van der Waals surface area contributed by atoms with Crippen molar-refractivity contribution in [3.8, 4) is 22.3 Å². The van der Waals surface area contributed by atoms with E-state index in [1.54, 1.807) is 11.4 Å². The number of benzene rings is 1. The third-order valence-electron chi connectivity index (χ3n) is 2.42. The monoisotopic (exact) mass is 274 g/mol. The van der Waals surface area contributed by atoms with E-state index in [0.717, 1.165) is 5.75 Å². The minimum Gasteiger partial charge on any atom is -0.506 e. The largest absolute Gasteiger partial charge is 0.506 e. The predicted octanol–water partition coefficient (Wildman–Crippen LogP) is 3.08. The Morgan fingerprint density at radius 1 is 1.21 bits per heavy atom. The number of ether oxygens (including phenoxy) is 1. The van der Waals surface area contributed by atoms with Gasteiger partial charge < -0.3 is 14.4 Å².